The van der Waals surface area contributed by atoms with Gasteiger partial charge in [0.05, 0.1) is 4.92 Å². The Labute approximate surface area is 77.9 Å². The summed E-state index contributed by atoms with van der Waals surface area (Å²) < 4.78 is 10.8. The molecule has 14 heavy (non-hydrogen) atoms. The summed E-state index contributed by atoms with van der Waals surface area (Å²) in [6.07, 6.45) is 0. The lowest BCUT2D eigenvalue weighted by Gasteiger charge is -2.05. The van der Waals surface area contributed by atoms with E-state index in [1.54, 1.807) is 0 Å². The summed E-state index contributed by atoms with van der Waals surface area (Å²) in [5, 5.41) is 18.6. The largest absolute Gasteiger partial charge is 0.502 e. The van der Waals surface area contributed by atoms with Crippen molar-refractivity contribution in [1.82, 2.24) is 0 Å². The third-order valence-electron chi connectivity index (χ3n) is 1.49. The molecule has 76 valence electrons. The third-order valence-corrected chi connectivity index (χ3v) is 2.48. The first kappa shape index (κ1) is 10.6. The van der Waals surface area contributed by atoms with Crippen molar-refractivity contribution < 1.29 is 24.4 Å². The van der Waals surface area contributed by atoms with Gasteiger partial charge in [-0.25, -0.2) is 0 Å². The maximum absolute atomic E-state index is 10.8. The van der Waals surface area contributed by atoms with Gasteiger partial charge in [-0.05, 0) is 12.1 Å². The zero-order valence-electron chi connectivity index (χ0n) is 6.69. The number of phenols is 1. The van der Waals surface area contributed by atoms with E-state index in [9.17, 15) is 14.7 Å². The maximum Gasteiger partial charge on any atom is 0.363 e. The summed E-state index contributed by atoms with van der Waals surface area (Å²) in [5.41, 5.74) is -0.958. The molecule has 0 atom stereocenters. The Kier molecular flexibility index (Phi) is 2.57. The van der Waals surface area contributed by atoms with Crippen molar-refractivity contribution in [2.75, 3.05) is 0 Å². The SMILES string of the molecule is O=[N+]([O-])c1c(O)cccc1P(=O)(O)O. The fourth-order valence-electron chi connectivity index (χ4n) is 0.942. The zero-order valence-corrected chi connectivity index (χ0v) is 7.59. The molecule has 0 unspecified atom stereocenters. The first-order chi connectivity index (χ1) is 6.34. The minimum atomic E-state index is -4.74. The first-order valence-electron chi connectivity index (χ1n) is 3.36. The zero-order chi connectivity index (χ0) is 10.9. The van der Waals surface area contributed by atoms with Crippen LogP contribution in [0.15, 0.2) is 18.2 Å². The fourth-order valence-corrected chi connectivity index (χ4v) is 1.69. The van der Waals surface area contributed by atoms with E-state index in [2.05, 4.69) is 0 Å². The molecular formula is C6H6NO6P. The Bertz CT molecular complexity index is 424. The van der Waals surface area contributed by atoms with Crippen LogP contribution < -0.4 is 5.30 Å². The second-order valence-corrected chi connectivity index (χ2v) is 4.02. The van der Waals surface area contributed by atoms with Crippen LogP contribution in [0.25, 0.3) is 0 Å². The smallest absolute Gasteiger partial charge is 0.363 e. The molecule has 0 aliphatic carbocycles. The first-order valence-corrected chi connectivity index (χ1v) is 4.97. The lowest BCUT2D eigenvalue weighted by Crippen LogP contribution is -2.10. The van der Waals surface area contributed by atoms with Gasteiger partial charge in [0.1, 0.15) is 5.30 Å². The number of nitro benzene ring substituents is 1. The van der Waals surface area contributed by atoms with Crippen molar-refractivity contribution >= 4 is 18.6 Å². The monoisotopic (exact) mass is 219 g/mol. The topological polar surface area (TPSA) is 121 Å². The van der Waals surface area contributed by atoms with Gasteiger partial charge >= 0.3 is 13.3 Å². The van der Waals surface area contributed by atoms with Gasteiger partial charge in [-0.15, -0.1) is 0 Å². The number of nitro groups is 1. The van der Waals surface area contributed by atoms with Crippen LogP contribution in [0.4, 0.5) is 5.69 Å². The Morgan fingerprint density at radius 1 is 1.36 bits per heavy atom. The number of phenolic OH excluding ortho intramolecular Hbond substituents is 1. The normalized spacial score (nSPS) is 11.3. The van der Waals surface area contributed by atoms with Crippen molar-refractivity contribution in [3.63, 3.8) is 0 Å². The molecule has 7 nitrogen and oxygen atoms in total. The van der Waals surface area contributed by atoms with Crippen molar-refractivity contribution in [2.24, 2.45) is 0 Å². The molecule has 8 heteroatoms. The molecule has 1 aromatic rings. The van der Waals surface area contributed by atoms with E-state index in [0.29, 0.717) is 0 Å². The quantitative estimate of drug-likeness (QED) is 0.368. The molecule has 0 spiro atoms. The van der Waals surface area contributed by atoms with E-state index >= 15 is 0 Å². The van der Waals surface area contributed by atoms with E-state index in [0.717, 1.165) is 18.2 Å². The molecule has 3 N–H and O–H groups in total. The molecule has 0 aromatic heterocycles. The molecule has 0 fully saturated rings. The highest BCUT2D eigenvalue weighted by molar-refractivity contribution is 7.60. The molecule has 0 bridgehead atoms. The fraction of sp³-hybridized carbons (Fsp3) is 0. The van der Waals surface area contributed by atoms with Crippen LogP contribution in [0.5, 0.6) is 5.75 Å². The molecule has 0 radical (unpaired) electrons. The lowest BCUT2D eigenvalue weighted by atomic mass is 10.3. The second-order valence-electron chi connectivity index (χ2n) is 2.45. The highest BCUT2D eigenvalue weighted by Crippen LogP contribution is 2.40. The van der Waals surface area contributed by atoms with Crippen molar-refractivity contribution in [1.29, 1.82) is 0 Å². The molecule has 0 aliphatic heterocycles. The molecule has 0 heterocycles. The summed E-state index contributed by atoms with van der Waals surface area (Å²) in [6.45, 7) is 0. The minimum Gasteiger partial charge on any atom is -0.502 e. The van der Waals surface area contributed by atoms with Gasteiger partial charge in [-0.1, -0.05) is 6.07 Å². The van der Waals surface area contributed by atoms with Crippen LogP contribution in [0.1, 0.15) is 0 Å². The second kappa shape index (κ2) is 3.38. The summed E-state index contributed by atoms with van der Waals surface area (Å²) in [6, 6.07) is 3.01. The van der Waals surface area contributed by atoms with Gasteiger partial charge < -0.3 is 14.9 Å². The Balaban J connectivity index is 3.52. The van der Waals surface area contributed by atoms with Crippen molar-refractivity contribution in [3.05, 3.63) is 28.3 Å². The highest BCUT2D eigenvalue weighted by Gasteiger charge is 2.31. The van der Waals surface area contributed by atoms with Crippen LogP contribution in [0.3, 0.4) is 0 Å². The van der Waals surface area contributed by atoms with Crippen molar-refractivity contribution in [2.45, 2.75) is 0 Å². The highest BCUT2D eigenvalue weighted by atomic mass is 31.2. The Morgan fingerprint density at radius 2 is 1.93 bits per heavy atom. The van der Waals surface area contributed by atoms with E-state index in [1.165, 1.54) is 0 Å². The molecule has 1 aromatic carbocycles. The van der Waals surface area contributed by atoms with E-state index in [1.807, 2.05) is 0 Å². The number of rotatable bonds is 2. The molecular weight excluding hydrogens is 213 g/mol. The van der Waals surface area contributed by atoms with Gasteiger partial charge in [0, 0.05) is 0 Å². The number of hydrogen-bond donors (Lipinski definition) is 3. The number of benzene rings is 1. The standard InChI is InChI=1S/C6H6NO6P/c8-4-2-1-3-5(14(11,12)13)6(4)7(9)10/h1-3,8H,(H2,11,12,13). The van der Waals surface area contributed by atoms with Gasteiger partial charge in [0.15, 0.2) is 5.75 Å². The summed E-state index contributed by atoms with van der Waals surface area (Å²) >= 11 is 0. The van der Waals surface area contributed by atoms with Crippen molar-refractivity contribution in [3.8, 4) is 5.75 Å². The van der Waals surface area contributed by atoms with Gasteiger partial charge in [0.2, 0.25) is 0 Å². The van der Waals surface area contributed by atoms with E-state index in [-0.39, 0.29) is 0 Å². The van der Waals surface area contributed by atoms with Crippen LogP contribution in [-0.2, 0) is 4.57 Å². The van der Waals surface area contributed by atoms with E-state index in [4.69, 9.17) is 14.9 Å². The number of hydrogen-bond acceptors (Lipinski definition) is 4. The predicted octanol–water partition coefficient (Wildman–Crippen LogP) is 0.103. The Hall–Kier alpha value is -1.43. The summed E-state index contributed by atoms with van der Waals surface area (Å²) in [7, 11) is -4.74. The summed E-state index contributed by atoms with van der Waals surface area (Å²) in [4.78, 5) is 26.8. The number of para-hydroxylation sites is 1. The van der Waals surface area contributed by atoms with Gasteiger partial charge in [0.25, 0.3) is 0 Å². The van der Waals surface area contributed by atoms with Gasteiger partial charge in [-0.3, -0.25) is 14.7 Å². The molecule has 0 saturated carbocycles. The molecule has 1 rings (SSSR count). The minimum absolute atomic E-state index is 0.768. The summed E-state index contributed by atoms with van der Waals surface area (Å²) in [5.74, 6) is -0.768. The number of nitrogens with zero attached hydrogens (tertiary/aromatic N) is 1. The van der Waals surface area contributed by atoms with Crippen LogP contribution in [0, 0.1) is 10.1 Å². The molecule has 0 amide bonds. The average molecular weight is 219 g/mol. The van der Waals surface area contributed by atoms with E-state index < -0.39 is 29.3 Å². The number of aromatic hydroxyl groups is 1. The predicted molar refractivity (Wildman–Crippen MR) is 46.4 cm³/mol. The van der Waals surface area contributed by atoms with Crippen LogP contribution in [-0.4, -0.2) is 19.8 Å². The molecule has 0 aliphatic rings. The average Bonchev–Trinajstić information content (AvgIpc) is 2.01. The molecule has 0 saturated heterocycles. The maximum atomic E-state index is 10.8. The lowest BCUT2D eigenvalue weighted by molar-refractivity contribution is -0.384. The van der Waals surface area contributed by atoms with Crippen LogP contribution >= 0.6 is 7.60 Å². The van der Waals surface area contributed by atoms with Crippen LogP contribution in [0.2, 0.25) is 0 Å². The van der Waals surface area contributed by atoms with Gasteiger partial charge in [-0.2, -0.15) is 0 Å². The third kappa shape index (κ3) is 1.90. The Morgan fingerprint density at radius 3 is 2.29 bits per heavy atom.